The summed E-state index contributed by atoms with van der Waals surface area (Å²) in [5.74, 6) is 3.74. The number of carbonyl (C=O) groups is 1. The number of hydrogen-bond donors (Lipinski definition) is 2. The summed E-state index contributed by atoms with van der Waals surface area (Å²) in [4.78, 5) is 12.6. The molecular formula is C22H23FN4O5S. The number of nitriles is 1. The van der Waals surface area contributed by atoms with Crippen LogP contribution in [0.1, 0.15) is 42.7 Å². The van der Waals surface area contributed by atoms with Crippen molar-refractivity contribution in [1.82, 2.24) is 4.57 Å². The molecule has 2 aromatic rings. The molecule has 2 N–H and O–H groups in total. The first-order valence-corrected chi connectivity index (χ1v) is 11.1. The van der Waals surface area contributed by atoms with Crippen LogP contribution in [-0.2, 0) is 17.1 Å². The van der Waals surface area contributed by atoms with Gasteiger partial charge in [-0.25, -0.2) is 4.39 Å². The number of anilines is 1. The largest absolute Gasteiger partial charge is 0.490 e. The number of nitrogens with zero attached hydrogens (tertiary/aromatic N) is 3. The molecule has 0 saturated carbocycles. The summed E-state index contributed by atoms with van der Waals surface area (Å²) >= 11 is 0. The summed E-state index contributed by atoms with van der Waals surface area (Å²) in [6, 6.07) is 5.13. The number of aliphatic hydroxyl groups is 1. The predicted octanol–water partition coefficient (Wildman–Crippen LogP) is 2.61. The Morgan fingerprint density at radius 3 is 2.73 bits per heavy atom. The molecule has 0 bridgehead atoms. The van der Waals surface area contributed by atoms with Crippen molar-refractivity contribution in [2.45, 2.75) is 37.2 Å². The normalized spacial score (nSPS) is 11.2. The number of halogens is 1. The number of benzene rings is 1. The van der Waals surface area contributed by atoms with Crippen molar-refractivity contribution in [2.75, 3.05) is 11.9 Å². The highest BCUT2D eigenvalue weighted by Crippen LogP contribution is 2.32. The minimum Gasteiger partial charge on any atom is -0.490 e. The highest BCUT2D eigenvalue weighted by molar-refractivity contribution is 7.90. The van der Waals surface area contributed by atoms with Crippen LogP contribution in [0.2, 0.25) is 0 Å². The number of aromatic nitrogens is 1. The summed E-state index contributed by atoms with van der Waals surface area (Å²) in [6.07, 6.45) is 1.93. The van der Waals surface area contributed by atoms with Gasteiger partial charge in [-0.15, -0.1) is 5.92 Å². The van der Waals surface area contributed by atoms with Gasteiger partial charge in [0.05, 0.1) is 12.2 Å². The minimum absolute atomic E-state index is 0.0274. The molecule has 0 spiro atoms. The third kappa shape index (κ3) is 6.65. The number of ether oxygens (including phenoxy) is 1. The smallest absolute Gasteiger partial charge is 0.286 e. The van der Waals surface area contributed by atoms with Gasteiger partial charge < -0.3 is 19.7 Å². The van der Waals surface area contributed by atoms with Gasteiger partial charge in [-0.05, 0) is 38.5 Å². The van der Waals surface area contributed by atoms with Gasteiger partial charge in [0, 0.05) is 32.1 Å². The molecule has 1 aromatic heterocycles. The molecule has 0 atom stereocenters. The molecule has 1 aromatic carbocycles. The summed E-state index contributed by atoms with van der Waals surface area (Å²) in [7, 11) is -2.74. The quantitative estimate of drug-likeness (QED) is 0.343. The Bertz CT molecular complexity index is 1270. The molecule has 11 heteroatoms. The number of hydrogen-bond acceptors (Lipinski definition) is 6. The maximum Gasteiger partial charge on any atom is 0.286 e. The lowest BCUT2D eigenvalue weighted by Gasteiger charge is -2.11. The number of carbonyl (C=O) groups excluding carboxylic acids is 1. The highest BCUT2D eigenvalue weighted by Gasteiger charge is 2.29. The molecule has 33 heavy (non-hydrogen) atoms. The van der Waals surface area contributed by atoms with Crippen LogP contribution in [0.5, 0.6) is 5.75 Å². The van der Waals surface area contributed by atoms with Gasteiger partial charge in [0.25, 0.3) is 15.9 Å². The maximum atomic E-state index is 13.6. The SMILES string of the molecule is C=NS(=O)(=O)c1cn(C)c(C(=O)Nc2ccc(F)c(C#N)c2)c1OCCCC#CC(C)(C)O. The van der Waals surface area contributed by atoms with Gasteiger partial charge >= 0.3 is 0 Å². The molecule has 0 radical (unpaired) electrons. The molecule has 1 heterocycles. The fourth-order valence-corrected chi connectivity index (χ4v) is 3.54. The standard InChI is InChI=1S/C22H23FN4O5S/c1-22(2,29)10-6-5-7-11-32-20-18(33(30,31)25-3)14-27(4)19(20)21(28)26-16-8-9-17(23)15(12-16)13-24/h8-9,12,14,29H,3,5,7,11H2,1-2,4H3,(H,26,28). The molecule has 0 aliphatic carbocycles. The number of sulfonamides is 1. The van der Waals surface area contributed by atoms with E-state index in [9.17, 15) is 22.7 Å². The lowest BCUT2D eigenvalue weighted by atomic mass is 10.1. The van der Waals surface area contributed by atoms with Gasteiger partial charge in [0.1, 0.15) is 22.4 Å². The van der Waals surface area contributed by atoms with Crippen molar-refractivity contribution in [1.29, 1.82) is 5.26 Å². The Labute approximate surface area is 191 Å². The van der Waals surface area contributed by atoms with E-state index in [1.165, 1.54) is 23.9 Å². The van der Waals surface area contributed by atoms with E-state index in [1.807, 2.05) is 0 Å². The van der Waals surface area contributed by atoms with Crippen LogP contribution >= 0.6 is 0 Å². The first kappa shape index (κ1) is 25.6. The zero-order valence-corrected chi connectivity index (χ0v) is 19.2. The summed E-state index contributed by atoms with van der Waals surface area (Å²) < 4.78 is 48.3. The second kappa shape index (κ2) is 10.3. The van der Waals surface area contributed by atoms with Crippen molar-refractivity contribution >= 4 is 28.3 Å². The van der Waals surface area contributed by atoms with E-state index in [0.717, 1.165) is 12.1 Å². The van der Waals surface area contributed by atoms with Crippen molar-refractivity contribution in [3.63, 3.8) is 0 Å². The molecule has 0 aliphatic rings. The van der Waals surface area contributed by atoms with Crippen molar-refractivity contribution in [3.05, 3.63) is 41.5 Å². The van der Waals surface area contributed by atoms with Crippen LogP contribution in [0.15, 0.2) is 33.7 Å². The second-order valence-electron chi connectivity index (χ2n) is 7.46. The van der Waals surface area contributed by atoms with Crippen molar-refractivity contribution < 1.29 is 27.4 Å². The average Bonchev–Trinajstić information content (AvgIpc) is 3.08. The second-order valence-corrected chi connectivity index (χ2v) is 9.11. The minimum atomic E-state index is -4.19. The van der Waals surface area contributed by atoms with Gasteiger partial charge in [-0.1, -0.05) is 5.92 Å². The zero-order chi connectivity index (χ0) is 24.8. The molecular weight excluding hydrogens is 451 g/mol. The first-order valence-electron chi connectivity index (χ1n) is 9.68. The van der Waals surface area contributed by atoms with Gasteiger partial charge in [-0.3, -0.25) is 4.79 Å². The topological polar surface area (TPSA) is 134 Å². The Morgan fingerprint density at radius 2 is 2.12 bits per heavy atom. The lowest BCUT2D eigenvalue weighted by Crippen LogP contribution is -2.17. The number of amides is 1. The third-order valence-corrected chi connectivity index (χ3v) is 5.38. The van der Waals surface area contributed by atoms with Crippen LogP contribution in [0.25, 0.3) is 0 Å². The summed E-state index contributed by atoms with van der Waals surface area (Å²) in [5.41, 5.74) is -1.38. The number of aryl methyl sites for hydroxylation is 1. The molecule has 0 unspecified atom stereocenters. The van der Waals surface area contributed by atoms with E-state index in [-0.39, 0.29) is 34.2 Å². The Kier molecular flexibility index (Phi) is 7.99. The van der Waals surface area contributed by atoms with E-state index in [2.05, 4.69) is 28.3 Å². The molecule has 1 amide bonds. The summed E-state index contributed by atoms with van der Waals surface area (Å²) in [6.45, 7) is 6.18. The predicted molar refractivity (Wildman–Crippen MR) is 120 cm³/mol. The fourth-order valence-electron chi connectivity index (χ4n) is 2.72. The van der Waals surface area contributed by atoms with Gasteiger partial charge in [-0.2, -0.15) is 18.1 Å². The number of unbranched alkanes of at least 4 members (excludes halogenated alkanes) is 1. The molecule has 0 saturated heterocycles. The van der Waals surface area contributed by atoms with Crippen LogP contribution in [-0.4, -0.2) is 42.9 Å². The van der Waals surface area contributed by atoms with E-state index in [1.54, 1.807) is 19.9 Å². The summed E-state index contributed by atoms with van der Waals surface area (Å²) in [5, 5.41) is 21.1. The molecule has 9 nitrogen and oxygen atoms in total. The van der Waals surface area contributed by atoms with Crippen LogP contribution in [0.3, 0.4) is 0 Å². The highest BCUT2D eigenvalue weighted by atomic mass is 32.2. The van der Waals surface area contributed by atoms with Crippen LogP contribution in [0, 0.1) is 29.0 Å². The third-order valence-electron chi connectivity index (χ3n) is 4.20. The Balaban J connectivity index is 2.33. The van der Waals surface area contributed by atoms with Gasteiger partial charge in [0.15, 0.2) is 11.4 Å². The molecule has 174 valence electrons. The first-order chi connectivity index (χ1) is 15.4. The van der Waals surface area contributed by atoms with Crippen LogP contribution in [0.4, 0.5) is 10.1 Å². The van der Waals surface area contributed by atoms with Gasteiger partial charge in [0.2, 0.25) is 0 Å². The maximum absolute atomic E-state index is 13.6. The zero-order valence-electron chi connectivity index (χ0n) is 18.3. The molecule has 2 rings (SSSR count). The molecule has 0 fully saturated rings. The molecule has 0 aliphatic heterocycles. The number of rotatable bonds is 8. The Morgan fingerprint density at radius 1 is 1.42 bits per heavy atom. The average molecular weight is 475 g/mol. The Hall–Kier alpha value is -3.67. The van der Waals surface area contributed by atoms with E-state index in [4.69, 9.17) is 10.00 Å². The lowest BCUT2D eigenvalue weighted by molar-refractivity contribution is 0.101. The van der Waals surface area contributed by atoms with Crippen molar-refractivity contribution in [2.24, 2.45) is 11.4 Å². The van der Waals surface area contributed by atoms with E-state index >= 15 is 0 Å². The van der Waals surface area contributed by atoms with E-state index < -0.39 is 27.3 Å². The monoisotopic (exact) mass is 474 g/mol. The number of nitrogens with one attached hydrogen (secondary N) is 1. The fraction of sp³-hybridized carbons (Fsp3) is 0.318. The van der Waals surface area contributed by atoms with Crippen molar-refractivity contribution in [3.8, 4) is 23.7 Å². The van der Waals surface area contributed by atoms with E-state index in [0.29, 0.717) is 12.8 Å². The van der Waals surface area contributed by atoms with Crippen LogP contribution < -0.4 is 10.1 Å².